The summed E-state index contributed by atoms with van der Waals surface area (Å²) >= 11 is 1.28. The van der Waals surface area contributed by atoms with Crippen LogP contribution in [0.5, 0.6) is 0 Å². The highest BCUT2D eigenvalue weighted by atomic mass is 32.1. The molecule has 1 aromatic carbocycles. The Hall–Kier alpha value is -1.44. The van der Waals surface area contributed by atoms with Crippen LogP contribution in [0.2, 0.25) is 0 Å². The van der Waals surface area contributed by atoms with Crippen molar-refractivity contribution in [3.8, 4) is 0 Å². The second-order valence-electron chi connectivity index (χ2n) is 6.20. The minimum absolute atomic E-state index is 0.316. The third kappa shape index (κ3) is 2.35. The van der Waals surface area contributed by atoms with Gasteiger partial charge in [-0.05, 0) is 45.3 Å². The van der Waals surface area contributed by atoms with Crippen LogP contribution in [0, 0.1) is 0 Å². The zero-order valence-electron chi connectivity index (χ0n) is 12.5. The van der Waals surface area contributed by atoms with Gasteiger partial charge in [-0.25, -0.2) is 4.98 Å². The van der Waals surface area contributed by atoms with Crippen molar-refractivity contribution in [2.24, 2.45) is 5.73 Å². The number of aromatic nitrogens is 1. The van der Waals surface area contributed by atoms with Gasteiger partial charge >= 0.3 is 7.12 Å². The first-order valence-electron chi connectivity index (χ1n) is 6.75. The molecule has 0 unspecified atom stereocenters. The van der Waals surface area contributed by atoms with Crippen LogP contribution in [0.15, 0.2) is 18.2 Å². The molecule has 3 rings (SSSR count). The second kappa shape index (κ2) is 4.53. The van der Waals surface area contributed by atoms with Crippen LogP contribution in [-0.2, 0) is 9.31 Å². The maximum atomic E-state index is 11.2. The van der Waals surface area contributed by atoms with Gasteiger partial charge in [-0.3, -0.25) is 4.79 Å². The summed E-state index contributed by atoms with van der Waals surface area (Å²) in [6.45, 7) is 8.07. The van der Waals surface area contributed by atoms with Crippen molar-refractivity contribution >= 4 is 40.0 Å². The highest BCUT2D eigenvalue weighted by Crippen LogP contribution is 2.36. The van der Waals surface area contributed by atoms with E-state index in [1.54, 1.807) is 0 Å². The lowest BCUT2D eigenvalue weighted by Gasteiger charge is -2.32. The molecule has 0 radical (unpaired) electrons. The number of carbonyl (C=O) groups is 1. The molecule has 110 valence electrons. The maximum Gasteiger partial charge on any atom is 0.494 e. The Kier molecular flexibility index (Phi) is 3.13. The van der Waals surface area contributed by atoms with E-state index >= 15 is 0 Å². The Labute approximate surface area is 127 Å². The van der Waals surface area contributed by atoms with E-state index in [4.69, 9.17) is 15.0 Å². The molecule has 0 saturated carbocycles. The Balaban J connectivity index is 1.97. The van der Waals surface area contributed by atoms with Crippen LogP contribution in [0.1, 0.15) is 37.5 Å². The highest BCUT2D eigenvalue weighted by molar-refractivity contribution is 7.20. The topological polar surface area (TPSA) is 74.4 Å². The average molecular weight is 304 g/mol. The van der Waals surface area contributed by atoms with Gasteiger partial charge in [0.1, 0.15) is 0 Å². The van der Waals surface area contributed by atoms with Crippen molar-refractivity contribution in [3.05, 3.63) is 23.2 Å². The monoisotopic (exact) mass is 304 g/mol. The number of hydrogen-bond acceptors (Lipinski definition) is 5. The summed E-state index contributed by atoms with van der Waals surface area (Å²) in [6.07, 6.45) is 0. The third-order valence-electron chi connectivity index (χ3n) is 4.15. The lowest BCUT2D eigenvalue weighted by molar-refractivity contribution is 0.00578. The van der Waals surface area contributed by atoms with Crippen LogP contribution >= 0.6 is 11.3 Å². The fraction of sp³-hybridized carbons (Fsp3) is 0.429. The molecule has 0 spiro atoms. The van der Waals surface area contributed by atoms with Gasteiger partial charge in [0.15, 0.2) is 5.01 Å². The van der Waals surface area contributed by atoms with Crippen molar-refractivity contribution in [1.29, 1.82) is 0 Å². The minimum atomic E-state index is -0.506. The van der Waals surface area contributed by atoms with E-state index < -0.39 is 13.0 Å². The minimum Gasteiger partial charge on any atom is -0.399 e. The molecule has 7 heteroatoms. The van der Waals surface area contributed by atoms with Gasteiger partial charge in [0, 0.05) is 0 Å². The molecule has 1 fully saturated rings. The van der Waals surface area contributed by atoms with Crippen LogP contribution in [-0.4, -0.2) is 29.2 Å². The summed E-state index contributed by atoms with van der Waals surface area (Å²) in [5.41, 5.74) is 6.19. The van der Waals surface area contributed by atoms with Gasteiger partial charge in [0.25, 0.3) is 5.91 Å². The number of rotatable bonds is 2. The highest BCUT2D eigenvalue weighted by Gasteiger charge is 2.51. The fourth-order valence-corrected chi connectivity index (χ4v) is 3.04. The largest absolute Gasteiger partial charge is 0.494 e. The number of amides is 1. The van der Waals surface area contributed by atoms with Crippen molar-refractivity contribution in [3.63, 3.8) is 0 Å². The molecule has 1 amide bonds. The van der Waals surface area contributed by atoms with Crippen molar-refractivity contribution in [1.82, 2.24) is 4.98 Å². The van der Waals surface area contributed by atoms with Crippen LogP contribution in [0.25, 0.3) is 10.2 Å². The molecule has 1 aromatic heterocycles. The summed E-state index contributed by atoms with van der Waals surface area (Å²) < 4.78 is 12.9. The van der Waals surface area contributed by atoms with E-state index in [1.807, 2.05) is 45.9 Å². The van der Waals surface area contributed by atoms with Crippen molar-refractivity contribution in [2.45, 2.75) is 38.9 Å². The first-order chi connectivity index (χ1) is 9.69. The van der Waals surface area contributed by atoms with Crippen molar-refractivity contribution in [2.75, 3.05) is 0 Å². The molecular weight excluding hydrogens is 287 g/mol. The first kappa shape index (κ1) is 14.5. The van der Waals surface area contributed by atoms with Crippen LogP contribution < -0.4 is 11.2 Å². The summed E-state index contributed by atoms with van der Waals surface area (Å²) in [6, 6.07) is 5.72. The fourth-order valence-electron chi connectivity index (χ4n) is 2.17. The Morgan fingerprint density at radius 2 is 1.86 bits per heavy atom. The predicted molar refractivity (Wildman–Crippen MR) is 83.9 cm³/mol. The van der Waals surface area contributed by atoms with E-state index in [2.05, 4.69) is 4.98 Å². The number of hydrogen-bond donors (Lipinski definition) is 1. The lowest BCUT2D eigenvalue weighted by atomic mass is 9.79. The van der Waals surface area contributed by atoms with E-state index in [0.29, 0.717) is 5.01 Å². The number of carbonyl (C=O) groups excluding carboxylic acids is 1. The van der Waals surface area contributed by atoms with Gasteiger partial charge in [0.2, 0.25) is 0 Å². The van der Waals surface area contributed by atoms with E-state index in [9.17, 15) is 4.79 Å². The SMILES string of the molecule is CC1(C)OB(c2ccc3nc(C(N)=O)sc3c2)OC1(C)C. The molecule has 1 aliphatic rings. The molecule has 1 aliphatic heterocycles. The number of benzene rings is 1. The number of thiazole rings is 1. The quantitative estimate of drug-likeness (QED) is 0.857. The lowest BCUT2D eigenvalue weighted by Crippen LogP contribution is -2.41. The summed E-state index contributed by atoms with van der Waals surface area (Å²) in [4.78, 5) is 15.4. The van der Waals surface area contributed by atoms with E-state index in [0.717, 1.165) is 15.7 Å². The summed E-state index contributed by atoms with van der Waals surface area (Å²) in [5, 5.41) is 0.316. The molecular formula is C14H17BN2O3S. The van der Waals surface area contributed by atoms with Crippen LogP contribution in [0.3, 0.4) is 0 Å². The average Bonchev–Trinajstić information content (AvgIpc) is 2.88. The molecule has 2 heterocycles. The first-order valence-corrected chi connectivity index (χ1v) is 7.57. The number of nitrogens with zero attached hydrogens (tertiary/aromatic N) is 1. The third-order valence-corrected chi connectivity index (χ3v) is 5.18. The zero-order chi connectivity index (χ0) is 15.4. The number of nitrogens with two attached hydrogens (primary N) is 1. The maximum absolute atomic E-state index is 11.2. The van der Waals surface area contributed by atoms with E-state index in [1.165, 1.54) is 11.3 Å². The number of fused-ring (bicyclic) bond motifs is 1. The normalized spacial score (nSPS) is 20.1. The standard InChI is InChI=1S/C14H17BN2O3S/c1-13(2)14(3,4)20-15(19-13)8-5-6-9-10(7-8)21-12(17-9)11(16)18/h5-7H,1-4H3,(H2,16,18). The molecule has 0 atom stereocenters. The molecule has 2 aromatic rings. The van der Waals surface area contributed by atoms with Crippen LogP contribution in [0.4, 0.5) is 0 Å². The van der Waals surface area contributed by atoms with Gasteiger partial charge in [-0.2, -0.15) is 0 Å². The Morgan fingerprint density at radius 3 is 2.43 bits per heavy atom. The molecule has 2 N–H and O–H groups in total. The van der Waals surface area contributed by atoms with Gasteiger partial charge in [-0.1, -0.05) is 6.07 Å². The molecule has 21 heavy (non-hydrogen) atoms. The molecule has 5 nitrogen and oxygen atoms in total. The smallest absolute Gasteiger partial charge is 0.399 e. The summed E-state index contributed by atoms with van der Waals surface area (Å²) in [7, 11) is -0.418. The van der Waals surface area contributed by atoms with Gasteiger partial charge < -0.3 is 15.0 Å². The molecule has 1 saturated heterocycles. The van der Waals surface area contributed by atoms with Crippen molar-refractivity contribution < 1.29 is 14.1 Å². The Morgan fingerprint density at radius 1 is 1.24 bits per heavy atom. The van der Waals surface area contributed by atoms with E-state index in [-0.39, 0.29) is 11.2 Å². The molecule has 0 aliphatic carbocycles. The summed E-state index contributed by atoms with van der Waals surface area (Å²) in [5.74, 6) is -0.506. The predicted octanol–water partition coefficient (Wildman–Crippen LogP) is 1.69. The Bertz CT molecular complexity index is 710. The second-order valence-corrected chi connectivity index (χ2v) is 7.23. The molecule has 0 bridgehead atoms. The number of primary amides is 1. The zero-order valence-corrected chi connectivity index (χ0v) is 13.3. The van der Waals surface area contributed by atoms with Gasteiger partial charge in [0.05, 0.1) is 21.4 Å². The van der Waals surface area contributed by atoms with Gasteiger partial charge in [-0.15, -0.1) is 11.3 Å².